The summed E-state index contributed by atoms with van der Waals surface area (Å²) in [5, 5.41) is 12.3. The van der Waals surface area contributed by atoms with E-state index in [2.05, 4.69) is 5.32 Å². The topological polar surface area (TPSA) is 84.6 Å². The maximum atomic E-state index is 11.1. The normalized spacial score (nSPS) is 16.7. The van der Waals surface area contributed by atoms with Gasteiger partial charge in [-0.15, -0.1) is 0 Å². The van der Waals surface area contributed by atoms with Gasteiger partial charge in [-0.05, 0) is 25.0 Å². The van der Waals surface area contributed by atoms with Gasteiger partial charge in [0.15, 0.2) is 0 Å². The average Bonchev–Trinajstić information content (AvgIpc) is 2.33. The van der Waals surface area contributed by atoms with E-state index in [0.717, 1.165) is 12.8 Å². The molecule has 2 rings (SSSR count). The molecule has 5 nitrogen and oxygen atoms in total. The van der Waals surface area contributed by atoms with Crippen molar-refractivity contribution < 1.29 is 14.6 Å². The Balaban J connectivity index is 2.21. The highest BCUT2D eigenvalue weighted by atomic mass is 16.5. The van der Waals surface area contributed by atoms with Gasteiger partial charge in [0.25, 0.3) is 0 Å². The van der Waals surface area contributed by atoms with E-state index in [-0.39, 0.29) is 11.6 Å². The number of para-hydroxylation sites is 1. The van der Waals surface area contributed by atoms with Crippen LogP contribution < -0.4 is 11.1 Å². The van der Waals surface area contributed by atoms with Gasteiger partial charge in [0.05, 0.1) is 16.9 Å². The van der Waals surface area contributed by atoms with E-state index < -0.39 is 5.97 Å². The largest absolute Gasteiger partial charge is 0.478 e. The van der Waals surface area contributed by atoms with Crippen LogP contribution in [-0.2, 0) is 4.74 Å². The number of carbonyl (C=O) groups is 1. The van der Waals surface area contributed by atoms with E-state index in [9.17, 15) is 4.79 Å². The molecular weight excluding hydrogens is 220 g/mol. The van der Waals surface area contributed by atoms with Gasteiger partial charge in [-0.25, -0.2) is 4.79 Å². The molecule has 0 atom stereocenters. The van der Waals surface area contributed by atoms with Crippen LogP contribution >= 0.6 is 0 Å². The summed E-state index contributed by atoms with van der Waals surface area (Å²) in [7, 11) is 0. The number of nitrogens with one attached hydrogen (secondary N) is 1. The summed E-state index contributed by atoms with van der Waals surface area (Å²) < 4.78 is 5.26. The molecule has 92 valence electrons. The Morgan fingerprint density at radius 1 is 1.41 bits per heavy atom. The van der Waals surface area contributed by atoms with Gasteiger partial charge in [-0.3, -0.25) is 0 Å². The van der Waals surface area contributed by atoms with Crippen LogP contribution in [0.15, 0.2) is 18.2 Å². The summed E-state index contributed by atoms with van der Waals surface area (Å²) >= 11 is 0. The van der Waals surface area contributed by atoms with E-state index >= 15 is 0 Å². The third-order valence-electron chi connectivity index (χ3n) is 2.90. The van der Waals surface area contributed by atoms with Crippen molar-refractivity contribution in [2.45, 2.75) is 18.9 Å². The minimum absolute atomic E-state index is 0.219. The quantitative estimate of drug-likeness (QED) is 0.693. The molecule has 0 saturated carbocycles. The fourth-order valence-electron chi connectivity index (χ4n) is 1.96. The van der Waals surface area contributed by atoms with Crippen molar-refractivity contribution >= 4 is 17.3 Å². The lowest BCUT2D eigenvalue weighted by Crippen LogP contribution is -2.29. The zero-order chi connectivity index (χ0) is 12.3. The van der Waals surface area contributed by atoms with E-state index in [1.165, 1.54) is 0 Å². The molecule has 1 heterocycles. The zero-order valence-electron chi connectivity index (χ0n) is 9.48. The molecule has 0 aliphatic carbocycles. The third kappa shape index (κ3) is 2.68. The number of hydrogen-bond acceptors (Lipinski definition) is 4. The van der Waals surface area contributed by atoms with E-state index in [1.807, 2.05) is 0 Å². The molecule has 0 radical (unpaired) electrons. The Kier molecular flexibility index (Phi) is 3.49. The Bertz CT molecular complexity index is 414. The fourth-order valence-corrected chi connectivity index (χ4v) is 1.96. The van der Waals surface area contributed by atoms with E-state index in [0.29, 0.717) is 24.6 Å². The number of benzene rings is 1. The van der Waals surface area contributed by atoms with Crippen molar-refractivity contribution in [1.82, 2.24) is 0 Å². The minimum Gasteiger partial charge on any atom is -0.478 e. The standard InChI is InChI=1S/C12H16N2O3/c13-10-3-1-2-9(12(15)16)11(10)14-8-4-6-17-7-5-8/h1-3,8,14H,4-7,13H2,(H,15,16). The van der Waals surface area contributed by atoms with E-state index in [1.54, 1.807) is 18.2 Å². The van der Waals surface area contributed by atoms with Crippen LogP contribution in [0, 0.1) is 0 Å². The molecular formula is C12H16N2O3. The highest BCUT2D eigenvalue weighted by Crippen LogP contribution is 2.26. The van der Waals surface area contributed by atoms with Crippen LogP contribution in [-0.4, -0.2) is 30.3 Å². The van der Waals surface area contributed by atoms with Gasteiger partial charge in [-0.2, -0.15) is 0 Å². The molecule has 0 amide bonds. The molecule has 4 N–H and O–H groups in total. The number of aromatic carboxylic acids is 1. The molecule has 1 aliphatic heterocycles. The Morgan fingerprint density at radius 3 is 2.76 bits per heavy atom. The zero-order valence-corrected chi connectivity index (χ0v) is 9.48. The molecule has 0 unspecified atom stereocenters. The predicted octanol–water partition coefficient (Wildman–Crippen LogP) is 1.56. The highest BCUT2D eigenvalue weighted by molar-refractivity contribution is 5.97. The number of carboxylic acid groups (broad SMARTS) is 1. The second-order valence-electron chi connectivity index (χ2n) is 4.11. The van der Waals surface area contributed by atoms with Crippen molar-refractivity contribution in [3.8, 4) is 0 Å². The summed E-state index contributed by atoms with van der Waals surface area (Å²) in [5.74, 6) is -0.966. The Morgan fingerprint density at radius 2 is 2.12 bits per heavy atom. The van der Waals surface area contributed by atoms with Gasteiger partial charge in [0, 0.05) is 19.3 Å². The Labute approximate surface area is 99.6 Å². The van der Waals surface area contributed by atoms with Crippen molar-refractivity contribution in [3.05, 3.63) is 23.8 Å². The lowest BCUT2D eigenvalue weighted by molar-refractivity contribution is 0.0697. The molecule has 5 heteroatoms. The molecule has 1 saturated heterocycles. The van der Waals surface area contributed by atoms with Crippen LogP contribution in [0.2, 0.25) is 0 Å². The summed E-state index contributed by atoms with van der Waals surface area (Å²) in [6.07, 6.45) is 1.74. The van der Waals surface area contributed by atoms with Gasteiger partial charge >= 0.3 is 5.97 Å². The van der Waals surface area contributed by atoms with Gasteiger partial charge in [0.1, 0.15) is 0 Å². The predicted molar refractivity (Wildman–Crippen MR) is 65.3 cm³/mol. The molecule has 17 heavy (non-hydrogen) atoms. The first kappa shape index (κ1) is 11.7. The molecule has 0 aromatic heterocycles. The summed E-state index contributed by atoms with van der Waals surface area (Å²) in [6.45, 7) is 1.40. The number of nitrogen functional groups attached to an aromatic ring is 1. The average molecular weight is 236 g/mol. The molecule has 0 spiro atoms. The molecule has 1 fully saturated rings. The van der Waals surface area contributed by atoms with Crippen LogP contribution in [0.4, 0.5) is 11.4 Å². The first-order chi connectivity index (χ1) is 8.18. The monoisotopic (exact) mass is 236 g/mol. The summed E-state index contributed by atoms with van der Waals surface area (Å²) in [5.41, 5.74) is 7.03. The van der Waals surface area contributed by atoms with Crippen LogP contribution in [0.1, 0.15) is 23.2 Å². The lowest BCUT2D eigenvalue weighted by Gasteiger charge is -2.25. The smallest absolute Gasteiger partial charge is 0.337 e. The maximum absolute atomic E-state index is 11.1. The Hall–Kier alpha value is -1.75. The second-order valence-corrected chi connectivity index (χ2v) is 4.11. The van der Waals surface area contributed by atoms with Crippen LogP contribution in [0.25, 0.3) is 0 Å². The first-order valence-electron chi connectivity index (χ1n) is 5.64. The summed E-state index contributed by atoms with van der Waals surface area (Å²) in [6, 6.07) is 5.13. The second kappa shape index (κ2) is 5.05. The SMILES string of the molecule is Nc1cccc(C(=O)O)c1NC1CCOCC1. The highest BCUT2D eigenvalue weighted by Gasteiger charge is 2.18. The molecule has 0 bridgehead atoms. The molecule has 1 aromatic carbocycles. The lowest BCUT2D eigenvalue weighted by atomic mass is 10.1. The number of ether oxygens (including phenoxy) is 1. The first-order valence-corrected chi connectivity index (χ1v) is 5.64. The number of nitrogens with two attached hydrogens (primary N) is 1. The van der Waals surface area contributed by atoms with Gasteiger partial charge < -0.3 is 20.9 Å². The number of rotatable bonds is 3. The van der Waals surface area contributed by atoms with Crippen LogP contribution in [0.3, 0.4) is 0 Å². The fraction of sp³-hybridized carbons (Fsp3) is 0.417. The van der Waals surface area contributed by atoms with Crippen molar-refractivity contribution in [3.63, 3.8) is 0 Å². The van der Waals surface area contributed by atoms with Crippen LogP contribution in [0.5, 0.6) is 0 Å². The number of anilines is 2. The van der Waals surface area contributed by atoms with Gasteiger partial charge in [-0.1, -0.05) is 6.07 Å². The molecule has 1 aliphatic rings. The van der Waals surface area contributed by atoms with Crippen molar-refractivity contribution in [2.24, 2.45) is 0 Å². The third-order valence-corrected chi connectivity index (χ3v) is 2.90. The van der Waals surface area contributed by atoms with E-state index in [4.69, 9.17) is 15.6 Å². The number of carboxylic acids is 1. The molecule has 1 aromatic rings. The maximum Gasteiger partial charge on any atom is 0.337 e. The van der Waals surface area contributed by atoms with Crippen molar-refractivity contribution in [2.75, 3.05) is 24.3 Å². The van der Waals surface area contributed by atoms with Gasteiger partial charge in [0.2, 0.25) is 0 Å². The minimum atomic E-state index is -0.966. The van der Waals surface area contributed by atoms with Crippen molar-refractivity contribution in [1.29, 1.82) is 0 Å². The summed E-state index contributed by atoms with van der Waals surface area (Å²) in [4.78, 5) is 11.1. The number of hydrogen-bond donors (Lipinski definition) is 3.